The summed E-state index contributed by atoms with van der Waals surface area (Å²) in [6.45, 7) is 2.15. The van der Waals surface area contributed by atoms with Crippen molar-refractivity contribution < 1.29 is 42.1 Å². The summed E-state index contributed by atoms with van der Waals surface area (Å²) in [6, 6.07) is 9.83. The number of ether oxygens (including phenoxy) is 1. The minimum atomic E-state index is -5.35. The Kier molecular flexibility index (Phi) is 9.71. The van der Waals surface area contributed by atoms with Crippen molar-refractivity contribution in [3.63, 3.8) is 0 Å². The molecule has 234 valence electrons. The van der Waals surface area contributed by atoms with Gasteiger partial charge in [0.15, 0.2) is 5.13 Å². The monoisotopic (exact) mass is 635 g/mol. The van der Waals surface area contributed by atoms with Gasteiger partial charge < -0.3 is 31.3 Å². The lowest BCUT2D eigenvalue weighted by molar-refractivity contribution is -0.265. The number of fused-ring (bicyclic) bond motifs is 1. The molecule has 2 aromatic heterocycles. The Hall–Kier alpha value is -4.34. The highest BCUT2D eigenvalue weighted by Crippen LogP contribution is 2.42. The number of benzene rings is 2. The van der Waals surface area contributed by atoms with Crippen molar-refractivity contribution in [1.29, 1.82) is 0 Å². The predicted molar refractivity (Wildman–Crippen MR) is 156 cm³/mol. The molecule has 44 heavy (non-hydrogen) atoms. The van der Waals surface area contributed by atoms with E-state index < -0.39 is 54.2 Å². The molecule has 0 bridgehead atoms. The fraction of sp³-hybridized carbons (Fsp3) is 0.310. The zero-order valence-electron chi connectivity index (χ0n) is 23.5. The number of hydrogen-bond acceptors (Lipinski definition) is 9. The van der Waals surface area contributed by atoms with Crippen LogP contribution in [-0.4, -0.2) is 64.0 Å². The van der Waals surface area contributed by atoms with Gasteiger partial charge in [0.1, 0.15) is 17.3 Å². The molecule has 2 heterocycles. The Balaban J connectivity index is 1.71. The van der Waals surface area contributed by atoms with Crippen LogP contribution in [-0.2, 0) is 16.8 Å². The number of carbonyl (C=O) groups excluding carboxylic acids is 2. The molecule has 0 aliphatic carbocycles. The van der Waals surface area contributed by atoms with E-state index in [9.17, 15) is 37.4 Å². The molecule has 0 saturated heterocycles. The van der Waals surface area contributed by atoms with Crippen LogP contribution in [0, 0.1) is 5.82 Å². The van der Waals surface area contributed by atoms with Crippen molar-refractivity contribution in [1.82, 2.24) is 15.3 Å². The van der Waals surface area contributed by atoms with Crippen LogP contribution in [0.25, 0.3) is 21.5 Å². The summed E-state index contributed by atoms with van der Waals surface area (Å²) in [4.78, 5) is 33.2. The predicted octanol–water partition coefficient (Wildman–Crippen LogP) is 3.90. The average molecular weight is 636 g/mol. The molecule has 0 saturated carbocycles. The number of halogens is 4. The zero-order chi connectivity index (χ0) is 32.2. The van der Waals surface area contributed by atoms with Gasteiger partial charge >= 0.3 is 6.18 Å². The minimum absolute atomic E-state index is 0.00817. The smallest absolute Gasteiger partial charge is 0.424 e. The quantitative estimate of drug-likeness (QED) is 0.147. The number of hydrogen-bond donors (Lipinski definition) is 5. The fourth-order valence-electron chi connectivity index (χ4n) is 4.25. The first-order chi connectivity index (χ1) is 20.7. The van der Waals surface area contributed by atoms with E-state index in [2.05, 4.69) is 20.6 Å². The lowest BCUT2D eigenvalue weighted by Gasteiger charge is -2.31. The maximum atomic E-state index is 14.6. The van der Waals surface area contributed by atoms with Gasteiger partial charge in [-0.05, 0) is 62.4 Å². The second-order valence-corrected chi connectivity index (χ2v) is 10.9. The SMILES string of the molecule is CCOc1c(CC(N)=O)cc([C@@](O)(CNC(=O)c2ccc3nc(NC[C@@H](C)O)sc3c2)C(F)(F)F)nc1-c1ccc(F)cc1. The zero-order valence-corrected chi connectivity index (χ0v) is 24.4. The maximum Gasteiger partial charge on any atom is 0.424 e. The van der Waals surface area contributed by atoms with E-state index in [0.717, 1.165) is 18.2 Å². The standard InChI is InChI=1S/C29H29F4N5O5S/c1-3-43-25-18(12-23(34)40)11-22(38-24(25)16-4-7-19(30)8-5-16)28(42,29(31,32)33)14-36-26(41)17-6-9-20-21(10-17)44-27(37-20)35-13-15(2)39/h4-11,15,39,42H,3,12-14H2,1-2H3,(H2,34,40)(H,35,37)(H,36,41)/t15-,28+/m1/s1. The van der Waals surface area contributed by atoms with Gasteiger partial charge in [-0.1, -0.05) is 11.3 Å². The number of carbonyl (C=O) groups is 2. The van der Waals surface area contributed by atoms with Gasteiger partial charge in [-0.2, -0.15) is 13.2 Å². The summed E-state index contributed by atoms with van der Waals surface area (Å²) in [7, 11) is 0. The van der Waals surface area contributed by atoms with E-state index in [0.29, 0.717) is 15.3 Å². The first-order valence-corrected chi connectivity index (χ1v) is 14.1. The third-order valence-corrected chi connectivity index (χ3v) is 7.39. The fourth-order valence-corrected chi connectivity index (χ4v) is 5.16. The Labute approximate surface area is 252 Å². The number of aliphatic hydroxyl groups is 2. The summed E-state index contributed by atoms with van der Waals surface area (Å²) in [5, 5.41) is 26.2. The summed E-state index contributed by atoms with van der Waals surface area (Å²) >= 11 is 1.18. The number of anilines is 1. The molecule has 6 N–H and O–H groups in total. The van der Waals surface area contributed by atoms with Crippen molar-refractivity contribution in [3.05, 3.63) is 71.2 Å². The molecular weight excluding hydrogens is 606 g/mol. The molecule has 15 heteroatoms. The highest BCUT2D eigenvalue weighted by Gasteiger charge is 2.56. The van der Waals surface area contributed by atoms with Crippen molar-refractivity contribution in [2.75, 3.05) is 25.0 Å². The number of amides is 2. The van der Waals surface area contributed by atoms with Crippen LogP contribution in [0.1, 0.15) is 35.5 Å². The Morgan fingerprint density at radius 2 is 1.82 bits per heavy atom. The number of alkyl halides is 3. The topological polar surface area (TPSA) is 160 Å². The molecule has 10 nitrogen and oxygen atoms in total. The first-order valence-electron chi connectivity index (χ1n) is 13.3. The highest BCUT2D eigenvalue weighted by atomic mass is 32.1. The number of nitrogens with one attached hydrogen (secondary N) is 2. The largest absolute Gasteiger partial charge is 0.491 e. The van der Waals surface area contributed by atoms with Crippen LogP contribution in [0.15, 0.2) is 48.5 Å². The summed E-state index contributed by atoms with van der Waals surface area (Å²) in [5.41, 5.74) is 1.10. The third kappa shape index (κ3) is 7.23. The van der Waals surface area contributed by atoms with E-state index in [1.807, 2.05) is 0 Å². The van der Waals surface area contributed by atoms with Crippen LogP contribution >= 0.6 is 11.3 Å². The second-order valence-electron chi connectivity index (χ2n) is 9.90. The summed E-state index contributed by atoms with van der Waals surface area (Å²) in [6.07, 6.45) is -6.53. The van der Waals surface area contributed by atoms with Gasteiger partial charge in [0, 0.05) is 23.2 Å². The van der Waals surface area contributed by atoms with Crippen LogP contribution < -0.4 is 21.1 Å². The molecule has 4 rings (SSSR count). The van der Waals surface area contributed by atoms with Gasteiger partial charge in [-0.25, -0.2) is 14.4 Å². The van der Waals surface area contributed by atoms with Crippen LogP contribution in [0.2, 0.25) is 0 Å². The normalized spacial score (nSPS) is 13.7. The highest BCUT2D eigenvalue weighted by molar-refractivity contribution is 7.22. The average Bonchev–Trinajstić information content (AvgIpc) is 3.37. The van der Waals surface area contributed by atoms with Crippen LogP contribution in [0.3, 0.4) is 0 Å². The molecule has 2 amide bonds. The molecular formula is C29H29F4N5O5S. The van der Waals surface area contributed by atoms with E-state index in [-0.39, 0.29) is 41.3 Å². The number of primary amides is 1. The van der Waals surface area contributed by atoms with Crippen LogP contribution in [0.5, 0.6) is 5.75 Å². The molecule has 4 aromatic rings. The number of nitrogens with zero attached hydrogens (tertiary/aromatic N) is 2. The Morgan fingerprint density at radius 1 is 1.11 bits per heavy atom. The molecule has 0 fully saturated rings. The van der Waals surface area contributed by atoms with Gasteiger partial charge in [0.05, 0.1) is 41.6 Å². The molecule has 2 atom stereocenters. The van der Waals surface area contributed by atoms with Gasteiger partial charge in [0.25, 0.3) is 5.91 Å². The number of pyridine rings is 1. The number of aromatic nitrogens is 2. The van der Waals surface area contributed by atoms with E-state index in [1.54, 1.807) is 13.8 Å². The molecule has 0 aliphatic rings. The second kappa shape index (κ2) is 13.1. The van der Waals surface area contributed by atoms with Crippen LogP contribution in [0.4, 0.5) is 22.7 Å². The lowest BCUT2D eigenvalue weighted by atomic mass is 9.93. The lowest BCUT2D eigenvalue weighted by Crippen LogP contribution is -2.51. The number of thiazole rings is 1. The molecule has 0 radical (unpaired) electrons. The number of nitrogens with two attached hydrogens (primary N) is 1. The minimum Gasteiger partial charge on any atom is -0.491 e. The van der Waals surface area contributed by atoms with Gasteiger partial charge in [-0.15, -0.1) is 0 Å². The van der Waals surface area contributed by atoms with Crippen molar-refractivity contribution in [3.8, 4) is 17.0 Å². The van der Waals surface area contributed by atoms with E-state index in [4.69, 9.17) is 10.5 Å². The Bertz CT molecular complexity index is 1660. The van der Waals surface area contributed by atoms with Crippen molar-refractivity contribution in [2.24, 2.45) is 5.73 Å². The molecule has 0 aliphatic heterocycles. The third-order valence-electron chi connectivity index (χ3n) is 6.42. The van der Waals surface area contributed by atoms with Gasteiger partial charge in [0.2, 0.25) is 11.5 Å². The van der Waals surface area contributed by atoms with E-state index in [1.165, 1.54) is 41.7 Å². The summed E-state index contributed by atoms with van der Waals surface area (Å²) < 4.78 is 63.5. The number of aliphatic hydroxyl groups excluding tert-OH is 1. The number of rotatable bonds is 12. The molecule has 0 spiro atoms. The first kappa shape index (κ1) is 32.6. The van der Waals surface area contributed by atoms with E-state index >= 15 is 0 Å². The molecule has 0 unspecified atom stereocenters. The van der Waals surface area contributed by atoms with Gasteiger partial charge in [-0.3, -0.25) is 9.59 Å². The maximum absolute atomic E-state index is 14.6. The molecule has 2 aromatic carbocycles. The Morgan fingerprint density at radius 3 is 2.43 bits per heavy atom. The summed E-state index contributed by atoms with van der Waals surface area (Å²) in [5.74, 6) is -2.47. The van der Waals surface area contributed by atoms with Crippen molar-refractivity contribution in [2.45, 2.75) is 38.1 Å². The van der Waals surface area contributed by atoms with Crippen molar-refractivity contribution >= 4 is 38.5 Å².